The number of pyridine rings is 1. The van der Waals surface area contributed by atoms with E-state index in [-0.39, 0.29) is 18.0 Å². The summed E-state index contributed by atoms with van der Waals surface area (Å²) in [5, 5.41) is 9.89. The van der Waals surface area contributed by atoms with Gasteiger partial charge in [0.15, 0.2) is 0 Å². The lowest BCUT2D eigenvalue weighted by Crippen LogP contribution is -2.52. The highest BCUT2D eigenvalue weighted by molar-refractivity contribution is 8.01. The van der Waals surface area contributed by atoms with E-state index in [0.29, 0.717) is 0 Å². The molecular formula is C22H25N5O3S. The van der Waals surface area contributed by atoms with E-state index in [1.165, 1.54) is 11.8 Å². The second-order valence-corrected chi connectivity index (χ2v) is 9.18. The van der Waals surface area contributed by atoms with Gasteiger partial charge in [-0.1, -0.05) is 11.8 Å². The second-order valence-electron chi connectivity index (χ2n) is 8.05. The smallest absolute Gasteiger partial charge is 0.327 e. The minimum atomic E-state index is -0.436. The van der Waals surface area contributed by atoms with Gasteiger partial charge in [0.25, 0.3) is 0 Å². The van der Waals surface area contributed by atoms with E-state index in [1.54, 1.807) is 18.2 Å². The molecule has 3 atom stereocenters. The number of carbonyl (C=O) groups excluding carboxylic acids is 2. The number of piperidine rings is 1. The third-order valence-electron chi connectivity index (χ3n) is 6.05. The molecule has 5 rings (SSSR count). The lowest BCUT2D eigenvalue weighted by Gasteiger charge is -2.35. The molecule has 0 aliphatic carbocycles. The number of aryl methyl sites for hydroxylation is 1. The molecule has 162 valence electrons. The Hall–Kier alpha value is -2.78. The van der Waals surface area contributed by atoms with Crippen molar-refractivity contribution in [2.75, 3.05) is 25.1 Å². The Morgan fingerprint density at radius 3 is 2.94 bits per heavy atom. The molecule has 2 unspecified atom stereocenters. The minimum absolute atomic E-state index is 0.0537. The maximum Gasteiger partial charge on any atom is 0.327 e. The fourth-order valence-electron chi connectivity index (χ4n) is 4.53. The molecule has 1 fully saturated rings. The van der Waals surface area contributed by atoms with Crippen molar-refractivity contribution in [2.45, 2.75) is 42.1 Å². The van der Waals surface area contributed by atoms with Gasteiger partial charge in [0.2, 0.25) is 5.91 Å². The van der Waals surface area contributed by atoms with E-state index in [0.717, 1.165) is 59.2 Å². The Balaban J connectivity index is 1.46. The number of nitrogens with zero attached hydrogens (tertiary/aromatic N) is 2. The van der Waals surface area contributed by atoms with Gasteiger partial charge in [-0.15, -0.1) is 0 Å². The number of urea groups is 1. The topological polar surface area (TPSA) is 95.6 Å². The molecule has 1 saturated heterocycles. The van der Waals surface area contributed by atoms with Crippen LogP contribution in [-0.4, -0.2) is 48.4 Å². The van der Waals surface area contributed by atoms with Crippen molar-refractivity contribution < 1.29 is 14.3 Å². The van der Waals surface area contributed by atoms with Crippen molar-refractivity contribution in [2.24, 2.45) is 0 Å². The van der Waals surface area contributed by atoms with Crippen LogP contribution in [0, 0.1) is 6.92 Å². The summed E-state index contributed by atoms with van der Waals surface area (Å²) in [4.78, 5) is 32.5. The van der Waals surface area contributed by atoms with E-state index < -0.39 is 11.3 Å². The number of anilines is 2. The number of hydrogen-bond acceptors (Lipinski definition) is 6. The molecule has 0 radical (unpaired) electrons. The lowest BCUT2D eigenvalue weighted by atomic mass is 9.99. The molecule has 3 amide bonds. The van der Waals surface area contributed by atoms with Crippen LogP contribution in [0.3, 0.4) is 0 Å². The molecule has 3 N–H and O–H groups in total. The number of nitrogens with one attached hydrogen (secondary N) is 3. The Kier molecular flexibility index (Phi) is 5.23. The quantitative estimate of drug-likeness (QED) is 0.678. The van der Waals surface area contributed by atoms with Crippen molar-refractivity contribution >= 4 is 35.1 Å². The number of methoxy groups -OCH3 is 1. The van der Waals surface area contributed by atoms with Crippen LogP contribution >= 0.6 is 11.8 Å². The number of ether oxygens (including phenoxy) is 1. The van der Waals surface area contributed by atoms with Crippen molar-refractivity contribution in [3.05, 3.63) is 41.6 Å². The van der Waals surface area contributed by atoms with Gasteiger partial charge in [0.05, 0.1) is 24.5 Å². The molecule has 1 aromatic carbocycles. The zero-order valence-corrected chi connectivity index (χ0v) is 18.3. The van der Waals surface area contributed by atoms with Crippen LogP contribution in [0.25, 0.3) is 0 Å². The van der Waals surface area contributed by atoms with Crippen LogP contribution in [0.4, 0.5) is 16.2 Å². The molecular weight excluding hydrogens is 414 g/mol. The Bertz CT molecular complexity index is 1040. The fraction of sp³-hybridized carbons (Fsp3) is 0.409. The van der Waals surface area contributed by atoms with Crippen LogP contribution in [0.15, 0.2) is 35.5 Å². The SMILES string of the molecule is COc1ccc(N2C(=O)NC3c4c2ccnc4S[C@H]3C(=O)NC2CCCNC2)c(C)c1. The Labute approximate surface area is 185 Å². The molecule has 1 aromatic heterocycles. The van der Waals surface area contributed by atoms with Gasteiger partial charge in [0.1, 0.15) is 16.0 Å². The second kappa shape index (κ2) is 8.05. The molecule has 2 aromatic rings. The Morgan fingerprint density at radius 1 is 1.32 bits per heavy atom. The van der Waals surface area contributed by atoms with Crippen LogP contribution in [0.5, 0.6) is 5.75 Å². The van der Waals surface area contributed by atoms with Gasteiger partial charge < -0.3 is 20.7 Å². The predicted molar refractivity (Wildman–Crippen MR) is 119 cm³/mol. The molecule has 31 heavy (non-hydrogen) atoms. The predicted octanol–water partition coefficient (Wildman–Crippen LogP) is 2.64. The number of aromatic nitrogens is 1. The van der Waals surface area contributed by atoms with Crippen molar-refractivity contribution in [3.8, 4) is 5.75 Å². The first-order valence-electron chi connectivity index (χ1n) is 10.5. The fourth-order valence-corrected chi connectivity index (χ4v) is 5.76. The van der Waals surface area contributed by atoms with Crippen LogP contribution in [0.2, 0.25) is 0 Å². The van der Waals surface area contributed by atoms with Gasteiger partial charge in [-0.2, -0.15) is 0 Å². The summed E-state index contributed by atoms with van der Waals surface area (Å²) in [5.74, 6) is 0.683. The normalized spacial score (nSPS) is 24.4. The summed E-state index contributed by atoms with van der Waals surface area (Å²) in [6.45, 7) is 3.71. The number of amides is 3. The number of thioether (sulfide) groups is 1. The molecule has 9 heteroatoms. The van der Waals surface area contributed by atoms with Gasteiger partial charge in [-0.05, 0) is 56.1 Å². The maximum atomic E-state index is 13.2. The highest BCUT2D eigenvalue weighted by Crippen LogP contribution is 2.51. The zero-order valence-electron chi connectivity index (χ0n) is 17.5. The number of benzene rings is 1. The minimum Gasteiger partial charge on any atom is -0.497 e. The largest absolute Gasteiger partial charge is 0.497 e. The summed E-state index contributed by atoms with van der Waals surface area (Å²) in [5.41, 5.74) is 3.37. The number of rotatable bonds is 4. The van der Waals surface area contributed by atoms with E-state index in [9.17, 15) is 9.59 Å². The molecule has 8 nitrogen and oxygen atoms in total. The number of carbonyl (C=O) groups is 2. The standard InChI is InChI=1S/C22H25N5O3S/c1-12-10-14(30-2)5-6-15(12)27-16-7-9-24-21-17(16)18(26-22(27)29)19(31-21)20(28)25-13-4-3-8-23-11-13/h5-7,9-10,13,18-19,23H,3-4,8,11H2,1-2H3,(H,25,28)(H,26,29)/t13?,18?,19-/m1/s1. The van der Waals surface area contributed by atoms with Crippen molar-refractivity contribution in [3.63, 3.8) is 0 Å². The molecule has 4 heterocycles. The molecule has 3 aliphatic heterocycles. The summed E-state index contributed by atoms with van der Waals surface area (Å²) < 4.78 is 5.30. The first-order valence-corrected chi connectivity index (χ1v) is 11.4. The highest BCUT2D eigenvalue weighted by atomic mass is 32.2. The van der Waals surface area contributed by atoms with Crippen molar-refractivity contribution in [1.82, 2.24) is 20.9 Å². The van der Waals surface area contributed by atoms with Crippen molar-refractivity contribution in [1.29, 1.82) is 0 Å². The van der Waals surface area contributed by atoms with Crippen LogP contribution in [0.1, 0.15) is 30.0 Å². The summed E-state index contributed by atoms with van der Waals surface area (Å²) >= 11 is 1.42. The molecule has 0 spiro atoms. The van der Waals surface area contributed by atoms with Gasteiger partial charge >= 0.3 is 6.03 Å². The van der Waals surface area contributed by atoms with E-state index in [1.807, 2.05) is 31.2 Å². The lowest BCUT2D eigenvalue weighted by molar-refractivity contribution is -0.121. The van der Waals surface area contributed by atoms with Crippen LogP contribution in [-0.2, 0) is 4.79 Å². The Morgan fingerprint density at radius 2 is 2.19 bits per heavy atom. The first-order chi connectivity index (χ1) is 15.1. The monoisotopic (exact) mass is 439 g/mol. The van der Waals surface area contributed by atoms with Gasteiger partial charge in [-0.25, -0.2) is 9.78 Å². The van der Waals surface area contributed by atoms with E-state index >= 15 is 0 Å². The third-order valence-corrected chi connectivity index (χ3v) is 7.34. The average molecular weight is 440 g/mol. The summed E-state index contributed by atoms with van der Waals surface area (Å²) in [7, 11) is 1.62. The summed E-state index contributed by atoms with van der Waals surface area (Å²) in [6, 6.07) is 6.94. The third kappa shape index (κ3) is 3.51. The molecule has 3 aliphatic rings. The maximum absolute atomic E-state index is 13.2. The first kappa shape index (κ1) is 20.1. The number of hydrogen-bond donors (Lipinski definition) is 3. The molecule has 0 saturated carbocycles. The van der Waals surface area contributed by atoms with E-state index in [4.69, 9.17) is 4.74 Å². The highest BCUT2D eigenvalue weighted by Gasteiger charge is 2.47. The average Bonchev–Trinajstić information content (AvgIpc) is 3.15. The van der Waals surface area contributed by atoms with Gasteiger partial charge in [-0.3, -0.25) is 9.69 Å². The molecule has 0 bridgehead atoms. The zero-order chi connectivity index (χ0) is 21.5. The van der Waals surface area contributed by atoms with E-state index in [2.05, 4.69) is 20.9 Å². The summed E-state index contributed by atoms with van der Waals surface area (Å²) in [6.07, 6.45) is 3.72. The van der Waals surface area contributed by atoms with Crippen LogP contribution < -0.4 is 25.6 Å². The van der Waals surface area contributed by atoms with Gasteiger partial charge in [0, 0.05) is 24.3 Å².